The Morgan fingerprint density at radius 3 is 2.17 bits per heavy atom. The van der Waals surface area contributed by atoms with Crippen LogP contribution in [0.1, 0.15) is 38.0 Å². The fraction of sp³-hybridized carbons (Fsp3) is 0.250. The van der Waals surface area contributed by atoms with Crippen molar-refractivity contribution in [3.05, 3.63) is 101 Å². The normalized spacial score (nSPS) is 19.4. The summed E-state index contributed by atoms with van der Waals surface area (Å²) < 4.78 is 0. The molecule has 7 nitrogen and oxygen atoms in total. The molecule has 3 aliphatic rings. The summed E-state index contributed by atoms with van der Waals surface area (Å²) in [5.41, 5.74) is 3.65. The van der Waals surface area contributed by atoms with Crippen molar-refractivity contribution in [1.29, 1.82) is 0 Å². The Morgan fingerprint density at radius 2 is 1.40 bits per heavy atom. The van der Waals surface area contributed by atoms with Crippen LogP contribution in [0.2, 0.25) is 0 Å². The molecular formula is C28H26N4O3. The Balaban J connectivity index is 1.22. The number of fused-ring (bicyclic) bond motifs is 5. The largest absolute Gasteiger partial charge is 0.339 e. The van der Waals surface area contributed by atoms with Crippen molar-refractivity contribution >= 4 is 23.4 Å². The quantitative estimate of drug-likeness (QED) is 0.593. The number of anilines is 1. The molecule has 0 bridgehead atoms. The van der Waals surface area contributed by atoms with Gasteiger partial charge in [-0.25, -0.2) is 0 Å². The van der Waals surface area contributed by atoms with Crippen LogP contribution in [-0.4, -0.2) is 65.1 Å². The highest BCUT2D eigenvalue weighted by Gasteiger charge is 2.48. The molecule has 0 N–H and O–H groups in total. The van der Waals surface area contributed by atoms with Gasteiger partial charge in [-0.2, -0.15) is 0 Å². The van der Waals surface area contributed by atoms with E-state index in [1.807, 2.05) is 47.4 Å². The van der Waals surface area contributed by atoms with Crippen molar-refractivity contribution in [2.45, 2.75) is 12.7 Å². The molecule has 6 rings (SSSR count). The second-order valence-corrected chi connectivity index (χ2v) is 9.23. The Labute approximate surface area is 204 Å². The monoisotopic (exact) mass is 466 g/mol. The minimum absolute atomic E-state index is 0.0609. The summed E-state index contributed by atoms with van der Waals surface area (Å²) in [4.78, 5) is 47.6. The number of carbonyl (C=O) groups is 3. The van der Waals surface area contributed by atoms with Gasteiger partial charge < -0.3 is 9.80 Å². The summed E-state index contributed by atoms with van der Waals surface area (Å²) in [5, 5.41) is 0. The van der Waals surface area contributed by atoms with Crippen LogP contribution in [0.4, 0.5) is 5.69 Å². The molecule has 35 heavy (non-hydrogen) atoms. The Bertz CT molecular complexity index is 1300. The van der Waals surface area contributed by atoms with E-state index >= 15 is 0 Å². The maximum Gasteiger partial charge on any atom is 0.260 e. The average molecular weight is 467 g/mol. The van der Waals surface area contributed by atoms with Crippen LogP contribution in [0.25, 0.3) is 0 Å². The van der Waals surface area contributed by atoms with Crippen molar-refractivity contribution in [2.24, 2.45) is 0 Å². The summed E-state index contributed by atoms with van der Waals surface area (Å²) >= 11 is 0. The molecule has 3 aromatic rings. The number of hydrogen-bond donors (Lipinski definition) is 0. The van der Waals surface area contributed by atoms with Crippen LogP contribution >= 0.6 is 0 Å². The molecule has 0 saturated carbocycles. The van der Waals surface area contributed by atoms with Crippen molar-refractivity contribution in [2.75, 3.05) is 37.6 Å². The molecule has 1 atom stereocenters. The molecule has 3 aromatic carbocycles. The maximum atomic E-state index is 13.6. The molecular weight excluding hydrogens is 440 g/mol. The molecule has 3 aliphatic heterocycles. The summed E-state index contributed by atoms with van der Waals surface area (Å²) in [5.74, 6) is -0.450. The predicted octanol–water partition coefficient (Wildman–Crippen LogP) is 3.15. The molecule has 7 heteroatoms. The van der Waals surface area contributed by atoms with E-state index in [4.69, 9.17) is 0 Å². The van der Waals surface area contributed by atoms with E-state index < -0.39 is 6.17 Å². The average Bonchev–Trinajstić information content (AvgIpc) is 3.20. The third kappa shape index (κ3) is 3.68. The van der Waals surface area contributed by atoms with E-state index in [9.17, 15) is 14.4 Å². The van der Waals surface area contributed by atoms with Gasteiger partial charge in [-0.15, -0.1) is 0 Å². The highest BCUT2D eigenvalue weighted by molar-refractivity contribution is 6.17. The molecule has 3 heterocycles. The van der Waals surface area contributed by atoms with Gasteiger partial charge >= 0.3 is 0 Å². The predicted molar refractivity (Wildman–Crippen MR) is 132 cm³/mol. The molecule has 1 fully saturated rings. The number of benzene rings is 3. The van der Waals surface area contributed by atoms with Gasteiger partial charge in [0.25, 0.3) is 11.8 Å². The molecule has 0 unspecified atom stereocenters. The van der Waals surface area contributed by atoms with E-state index in [-0.39, 0.29) is 24.3 Å². The van der Waals surface area contributed by atoms with Gasteiger partial charge in [0.05, 0.1) is 11.3 Å². The summed E-state index contributed by atoms with van der Waals surface area (Å²) in [6.07, 6.45) is -0.607. The molecule has 176 valence electrons. The van der Waals surface area contributed by atoms with E-state index in [0.717, 1.165) is 25.2 Å². The first kappa shape index (κ1) is 21.6. The number of rotatable bonds is 4. The minimum atomic E-state index is -0.607. The van der Waals surface area contributed by atoms with Gasteiger partial charge in [0.2, 0.25) is 5.91 Å². The van der Waals surface area contributed by atoms with E-state index in [1.54, 1.807) is 34.1 Å². The number of hydrogen-bond acceptors (Lipinski definition) is 4. The smallest absolute Gasteiger partial charge is 0.260 e. The lowest BCUT2D eigenvalue weighted by Crippen LogP contribution is -2.54. The van der Waals surface area contributed by atoms with Crippen molar-refractivity contribution in [3.63, 3.8) is 0 Å². The zero-order chi connectivity index (χ0) is 23.9. The summed E-state index contributed by atoms with van der Waals surface area (Å²) in [6, 6.07) is 24.8. The zero-order valence-electron chi connectivity index (χ0n) is 19.3. The Morgan fingerprint density at radius 1 is 0.743 bits per heavy atom. The van der Waals surface area contributed by atoms with Gasteiger partial charge in [-0.1, -0.05) is 60.7 Å². The van der Waals surface area contributed by atoms with Gasteiger partial charge in [-0.3, -0.25) is 24.2 Å². The lowest BCUT2D eigenvalue weighted by Gasteiger charge is -2.42. The molecule has 3 amide bonds. The molecule has 1 saturated heterocycles. The highest BCUT2D eigenvalue weighted by atomic mass is 16.2. The molecule has 0 aliphatic carbocycles. The third-order valence-corrected chi connectivity index (χ3v) is 7.16. The second-order valence-electron chi connectivity index (χ2n) is 9.23. The summed E-state index contributed by atoms with van der Waals surface area (Å²) in [6.45, 7) is 3.61. The SMILES string of the molecule is O=C(CN1C(=O)c2ccccc2N2C(=O)c3ccccc3[C@@H]12)N1CCN(Cc2ccccc2)CC1. The number of para-hydroxylation sites is 1. The third-order valence-electron chi connectivity index (χ3n) is 7.16. The molecule has 0 spiro atoms. The van der Waals surface area contributed by atoms with E-state index in [1.165, 1.54) is 5.56 Å². The van der Waals surface area contributed by atoms with Crippen LogP contribution in [0.15, 0.2) is 78.9 Å². The highest BCUT2D eigenvalue weighted by Crippen LogP contribution is 2.45. The fourth-order valence-corrected chi connectivity index (χ4v) is 5.38. The number of carbonyl (C=O) groups excluding carboxylic acids is 3. The van der Waals surface area contributed by atoms with Crippen molar-refractivity contribution in [1.82, 2.24) is 14.7 Å². The van der Waals surface area contributed by atoms with Crippen LogP contribution in [0, 0.1) is 0 Å². The van der Waals surface area contributed by atoms with Crippen molar-refractivity contribution < 1.29 is 14.4 Å². The fourth-order valence-electron chi connectivity index (χ4n) is 5.38. The summed E-state index contributed by atoms with van der Waals surface area (Å²) in [7, 11) is 0. The van der Waals surface area contributed by atoms with Crippen LogP contribution in [0.5, 0.6) is 0 Å². The molecule has 0 aromatic heterocycles. The molecule has 0 radical (unpaired) electrons. The van der Waals surface area contributed by atoms with Gasteiger partial charge in [0.1, 0.15) is 12.7 Å². The number of nitrogens with zero attached hydrogens (tertiary/aromatic N) is 4. The number of piperazine rings is 1. The van der Waals surface area contributed by atoms with E-state index in [0.29, 0.717) is 29.9 Å². The lowest BCUT2D eigenvalue weighted by molar-refractivity contribution is -0.134. The Hall–Kier alpha value is -3.97. The maximum absolute atomic E-state index is 13.6. The van der Waals surface area contributed by atoms with Crippen LogP contribution in [0.3, 0.4) is 0 Å². The van der Waals surface area contributed by atoms with Crippen LogP contribution in [-0.2, 0) is 11.3 Å². The minimum Gasteiger partial charge on any atom is -0.339 e. The van der Waals surface area contributed by atoms with Crippen LogP contribution < -0.4 is 4.90 Å². The first-order valence-electron chi connectivity index (χ1n) is 12.0. The topological polar surface area (TPSA) is 64.2 Å². The van der Waals surface area contributed by atoms with Gasteiger partial charge in [0.15, 0.2) is 0 Å². The van der Waals surface area contributed by atoms with E-state index in [2.05, 4.69) is 17.0 Å². The number of amides is 3. The second kappa shape index (κ2) is 8.67. The zero-order valence-corrected chi connectivity index (χ0v) is 19.3. The van der Waals surface area contributed by atoms with Gasteiger partial charge in [-0.05, 0) is 23.8 Å². The standard InChI is InChI=1S/C28H26N4O3/c33-25(30-16-14-29(15-17-30)18-20-8-2-1-3-9-20)19-31-26-21-10-4-5-11-22(21)28(35)32(26)24-13-7-6-12-23(24)27(31)34/h1-13,26H,14-19H2/t26-/m0/s1. The lowest BCUT2D eigenvalue weighted by atomic mass is 10.0. The van der Waals surface area contributed by atoms with Crippen molar-refractivity contribution in [3.8, 4) is 0 Å². The Kier molecular flexibility index (Phi) is 5.34. The first-order chi connectivity index (χ1) is 17.1. The first-order valence-corrected chi connectivity index (χ1v) is 12.0. The van der Waals surface area contributed by atoms with Gasteiger partial charge in [0, 0.05) is 43.9 Å².